The Morgan fingerprint density at radius 2 is 2.31 bits per heavy atom. The van der Waals surface area contributed by atoms with E-state index in [0.29, 0.717) is 0 Å². The molecule has 1 aliphatic heterocycles. The van der Waals surface area contributed by atoms with Crippen LogP contribution in [0.3, 0.4) is 0 Å². The molecule has 3 nitrogen and oxygen atoms in total. The number of rotatable bonds is 4. The van der Waals surface area contributed by atoms with Gasteiger partial charge in [-0.1, -0.05) is 27.2 Å². The van der Waals surface area contributed by atoms with Crippen molar-refractivity contribution >= 4 is 0 Å². The Kier molecular flexibility index (Phi) is 3.33. The second-order valence-corrected chi connectivity index (χ2v) is 5.06. The van der Waals surface area contributed by atoms with E-state index in [-0.39, 0.29) is 5.54 Å². The van der Waals surface area contributed by atoms with E-state index in [1.54, 1.807) is 0 Å². The number of imidazole rings is 1. The molecule has 2 heterocycles. The van der Waals surface area contributed by atoms with Gasteiger partial charge in [-0.05, 0) is 18.8 Å². The average molecular weight is 221 g/mol. The minimum atomic E-state index is 0.114. The number of hydrogen-bond acceptors (Lipinski definition) is 2. The summed E-state index contributed by atoms with van der Waals surface area (Å²) in [6, 6.07) is 0. The number of aromatic amines is 1. The van der Waals surface area contributed by atoms with Crippen molar-refractivity contribution in [3.63, 3.8) is 0 Å². The van der Waals surface area contributed by atoms with E-state index < -0.39 is 0 Å². The van der Waals surface area contributed by atoms with Gasteiger partial charge in [-0.15, -0.1) is 0 Å². The van der Waals surface area contributed by atoms with Crippen LogP contribution in [0.1, 0.15) is 51.4 Å². The molecule has 1 aromatic heterocycles. The highest BCUT2D eigenvalue weighted by Crippen LogP contribution is 2.35. The molecule has 2 rings (SSSR count). The predicted octanol–water partition coefficient (Wildman–Crippen LogP) is 2.60. The Morgan fingerprint density at radius 3 is 3.00 bits per heavy atom. The largest absolute Gasteiger partial charge is 0.348 e. The number of fused-ring (bicyclic) bond motifs is 1. The summed E-state index contributed by atoms with van der Waals surface area (Å²) in [5, 5.41) is 3.71. The molecule has 2 N–H and O–H groups in total. The first-order valence-corrected chi connectivity index (χ1v) is 6.49. The van der Waals surface area contributed by atoms with Crippen LogP contribution in [0.2, 0.25) is 0 Å². The van der Waals surface area contributed by atoms with Gasteiger partial charge in [-0.3, -0.25) is 0 Å². The minimum absolute atomic E-state index is 0.114. The van der Waals surface area contributed by atoms with E-state index in [2.05, 4.69) is 36.1 Å². The van der Waals surface area contributed by atoms with Crippen molar-refractivity contribution in [1.82, 2.24) is 15.3 Å². The van der Waals surface area contributed by atoms with E-state index in [4.69, 9.17) is 0 Å². The first-order valence-electron chi connectivity index (χ1n) is 6.49. The zero-order valence-electron chi connectivity index (χ0n) is 10.6. The van der Waals surface area contributed by atoms with Crippen molar-refractivity contribution in [2.45, 2.75) is 52.0 Å². The maximum absolute atomic E-state index is 4.55. The van der Waals surface area contributed by atoms with Crippen LogP contribution in [0, 0.1) is 5.92 Å². The molecular formula is C13H23N3. The molecule has 0 aromatic carbocycles. The van der Waals surface area contributed by atoms with Gasteiger partial charge < -0.3 is 10.3 Å². The van der Waals surface area contributed by atoms with Crippen molar-refractivity contribution in [3.05, 3.63) is 17.7 Å². The molecule has 0 saturated carbocycles. The zero-order chi connectivity index (χ0) is 11.6. The van der Waals surface area contributed by atoms with Gasteiger partial charge in [-0.25, -0.2) is 4.98 Å². The average Bonchev–Trinajstić information content (AvgIpc) is 2.78. The molecule has 0 radical (unpaired) electrons. The number of nitrogens with zero attached hydrogens (tertiary/aromatic N) is 1. The Morgan fingerprint density at radius 1 is 1.50 bits per heavy atom. The molecule has 1 aliphatic rings. The molecule has 90 valence electrons. The first-order chi connectivity index (χ1) is 7.72. The number of H-pyrrole nitrogens is 1. The molecule has 0 bridgehead atoms. The second-order valence-electron chi connectivity index (χ2n) is 5.06. The van der Waals surface area contributed by atoms with Crippen LogP contribution in [0.15, 0.2) is 6.33 Å². The molecule has 3 heteroatoms. The summed E-state index contributed by atoms with van der Waals surface area (Å²) >= 11 is 0. The Labute approximate surface area is 98.1 Å². The Hall–Kier alpha value is -0.830. The molecular weight excluding hydrogens is 198 g/mol. The normalized spacial score (nSPS) is 26.4. The number of nitrogens with one attached hydrogen (secondary N) is 2. The van der Waals surface area contributed by atoms with Gasteiger partial charge in [0.15, 0.2) is 0 Å². The summed E-state index contributed by atoms with van der Waals surface area (Å²) < 4.78 is 0. The lowest BCUT2D eigenvalue weighted by molar-refractivity contribution is 0.232. The first kappa shape index (κ1) is 11.6. The van der Waals surface area contributed by atoms with Gasteiger partial charge in [0.05, 0.1) is 17.6 Å². The van der Waals surface area contributed by atoms with Gasteiger partial charge in [0.2, 0.25) is 0 Å². The summed E-state index contributed by atoms with van der Waals surface area (Å²) in [5.74, 6) is 0.745. The topological polar surface area (TPSA) is 40.7 Å². The zero-order valence-corrected chi connectivity index (χ0v) is 10.6. The third-order valence-electron chi connectivity index (χ3n) is 4.01. The lowest BCUT2D eigenvalue weighted by Crippen LogP contribution is -2.48. The molecule has 0 spiro atoms. The Balaban J connectivity index is 2.29. The van der Waals surface area contributed by atoms with Crippen LogP contribution in [-0.4, -0.2) is 16.5 Å². The van der Waals surface area contributed by atoms with Crippen molar-refractivity contribution in [1.29, 1.82) is 0 Å². The molecule has 16 heavy (non-hydrogen) atoms. The van der Waals surface area contributed by atoms with Crippen molar-refractivity contribution in [2.24, 2.45) is 5.92 Å². The highest BCUT2D eigenvalue weighted by atomic mass is 15.1. The molecule has 0 fully saturated rings. The van der Waals surface area contributed by atoms with Gasteiger partial charge in [0, 0.05) is 18.7 Å². The summed E-state index contributed by atoms with van der Waals surface area (Å²) in [7, 11) is 0. The smallest absolute Gasteiger partial charge is 0.0926 e. The van der Waals surface area contributed by atoms with Crippen molar-refractivity contribution < 1.29 is 0 Å². The van der Waals surface area contributed by atoms with Crippen LogP contribution in [-0.2, 0) is 12.0 Å². The molecule has 2 atom stereocenters. The third kappa shape index (κ3) is 1.88. The maximum atomic E-state index is 4.55. The molecule has 0 saturated heterocycles. The van der Waals surface area contributed by atoms with Gasteiger partial charge >= 0.3 is 0 Å². The van der Waals surface area contributed by atoms with E-state index in [9.17, 15) is 0 Å². The molecule has 2 unspecified atom stereocenters. The van der Waals surface area contributed by atoms with Crippen molar-refractivity contribution in [2.75, 3.05) is 6.54 Å². The van der Waals surface area contributed by atoms with E-state index in [1.165, 1.54) is 24.2 Å². The Bertz CT molecular complexity index is 345. The summed E-state index contributed by atoms with van der Waals surface area (Å²) in [6.07, 6.45) is 6.48. The monoisotopic (exact) mass is 221 g/mol. The quantitative estimate of drug-likeness (QED) is 0.820. The minimum Gasteiger partial charge on any atom is -0.348 e. The van der Waals surface area contributed by atoms with Crippen LogP contribution >= 0.6 is 0 Å². The fourth-order valence-electron chi connectivity index (χ4n) is 2.78. The fourth-order valence-corrected chi connectivity index (χ4v) is 2.78. The fraction of sp³-hybridized carbons (Fsp3) is 0.769. The predicted molar refractivity (Wildman–Crippen MR) is 66.3 cm³/mol. The van der Waals surface area contributed by atoms with Crippen LogP contribution in [0.4, 0.5) is 0 Å². The standard InChI is InChI=1S/C13H23N3/c1-4-10(3)8-13(5-2)12-11(6-7-16-13)14-9-15-12/h9-10,16H,4-8H2,1-3H3,(H,14,15). The second kappa shape index (κ2) is 4.58. The lowest BCUT2D eigenvalue weighted by Gasteiger charge is -2.38. The van der Waals surface area contributed by atoms with Gasteiger partial charge in [0.1, 0.15) is 0 Å². The molecule has 1 aromatic rings. The van der Waals surface area contributed by atoms with E-state index in [0.717, 1.165) is 25.3 Å². The van der Waals surface area contributed by atoms with Crippen LogP contribution in [0.5, 0.6) is 0 Å². The molecule has 0 amide bonds. The van der Waals surface area contributed by atoms with Gasteiger partial charge in [-0.2, -0.15) is 0 Å². The summed E-state index contributed by atoms with van der Waals surface area (Å²) in [4.78, 5) is 7.84. The highest BCUT2D eigenvalue weighted by molar-refractivity contribution is 5.25. The van der Waals surface area contributed by atoms with E-state index >= 15 is 0 Å². The van der Waals surface area contributed by atoms with Gasteiger partial charge in [0.25, 0.3) is 0 Å². The van der Waals surface area contributed by atoms with Crippen LogP contribution in [0.25, 0.3) is 0 Å². The van der Waals surface area contributed by atoms with Crippen LogP contribution < -0.4 is 5.32 Å². The summed E-state index contributed by atoms with van der Waals surface area (Å²) in [6.45, 7) is 7.93. The summed E-state index contributed by atoms with van der Waals surface area (Å²) in [5.41, 5.74) is 2.72. The SMILES string of the molecule is CCC(C)CC1(CC)NCCc2[nH]cnc21. The molecule has 0 aliphatic carbocycles. The van der Waals surface area contributed by atoms with E-state index in [1.807, 2.05) is 6.33 Å². The highest BCUT2D eigenvalue weighted by Gasteiger charge is 2.37. The lowest BCUT2D eigenvalue weighted by atomic mass is 9.79. The number of aromatic nitrogens is 2. The third-order valence-corrected chi connectivity index (χ3v) is 4.01. The maximum Gasteiger partial charge on any atom is 0.0926 e. The number of hydrogen-bond donors (Lipinski definition) is 2. The van der Waals surface area contributed by atoms with Crippen molar-refractivity contribution in [3.8, 4) is 0 Å².